The summed E-state index contributed by atoms with van der Waals surface area (Å²) >= 11 is 5.96. The fourth-order valence-electron chi connectivity index (χ4n) is 3.27. The molecule has 3 rings (SSSR count). The van der Waals surface area contributed by atoms with Gasteiger partial charge in [0.25, 0.3) is 0 Å². The van der Waals surface area contributed by atoms with E-state index >= 15 is 0 Å². The van der Waals surface area contributed by atoms with Crippen molar-refractivity contribution in [3.05, 3.63) is 69.9 Å². The van der Waals surface area contributed by atoms with Crippen LogP contribution in [-0.4, -0.2) is 45.4 Å². The molecule has 0 bridgehead atoms. The highest BCUT2D eigenvalue weighted by molar-refractivity contribution is 6.30. The minimum atomic E-state index is -0.815. The van der Waals surface area contributed by atoms with Crippen molar-refractivity contribution in [3.63, 3.8) is 0 Å². The molecule has 1 aliphatic rings. The largest absolute Gasteiger partial charge is 0.493 e. The van der Waals surface area contributed by atoms with Crippen molar-refractivity contribution in [3.8, 4) is 11.5 Å². The molecule has 1 aliphatic heterocycles. The number of carbonyl (C=O) groups is 3. The first-order valence-corrected chi connectivity index (χ1v) is 10.4. The first kappa shape index (κ1) is 23.9. The van der Waals surface area contributed by atoms with Crippen LogP contribution in [0, 0.1) is 0 Å². The molecule has 174 valence electrons. The summed E-state index contributed by atoms with van der Waals surface area (Å²) in [6.45, 7) is 1.43. The molecule has 0 spiro atoms. The van der Waals surface area contributed by atoms with Crippen LogP contribution >= 0.6 is 11.6 Å². The average Bonchev–Trinajstić information content (AvgIpc) is 2.82. The molecule has 2 N–H and O–H groups in total. The highest BCUT2D eigenvalue weighted by atomic mass is 35.5. The van der Waals surface area contributed by atoms with Crippen molar-refractivity contribution in [2.45, 2.75) is 13.0 Å². The van der Waals surface area contributed by atoms with Gasteiger partial charge in [0.2, 0.25) is 0 Å². The number of carbonyl (C=O) groups excluding carboxylic acids is 3. The number of rotatable bonds is 8. The molecule has 9 nitrogen and oxygen atoms in total. The Morgan fingerprint density at radius 3 is 2.30 bits per heavy atom. The van der Waals surface area contributed by atoms with Crippen molar-refractivity contribution in [2.24, 2.45) is 0 Å². The monoisotopic (exact) mass is 474 g/mol. The van der Waals surface area contributed by atoms with E-state index in [4.69, 9.17) is 30.5 Å². The first-order chi connectivity index (χ1) is 15.9. The van der Waals surface area contributed by atoms with Crippen LogP contribution in [0.25, 0.3) is 0 Å². The summed E-state index contributed by atoms with van der Waals surface area (Å²) in [5.74, 6) is -0.515. The number of ether oxygens (including phenoxy) is 4. The van der Waals surface area contributed by atoms with Gasteiger partial charge in [-0.2, -0.15) is 0 Å². The molecule has 2 aromatic carbocycles. The lowest BCUT2D eigenvalue weighted by Crippen LogP contribution is -2.47. The van der Waals surface area contributed by atoms with Gasteiger partial charge >= 0.3 is 18.0 Å². The maximum Gasteiger partial charge on any atom is 0.338 e. The molecule has 10 heteroatoms. The van der Waals surface area contributed by atoms with Crippen LogP contribution in [0.1, 0.15) is 28.9 Å². The first-order valence-electron chi connectivity index (χ1n) is 10.00. The Bertz CT molecular complexity index is 1080. The van der Waals surface area contributed by atoms with Gasteiger partial charge in [0, 0.05) is 5.02 Å². The third-order valence-electron chi connectivity index (χ3n) is 4.82. The zero-order valence-electron chi connectivity index (χ0n) is 18.3. The molecule has 2 amide bonds. The summed E-state index contributed by atoms with van der Waals surface area (Å²) in [7, 11) is 2.93. The number of urea groups is 1. The lowest BCUT2D eigenvalue weighted by molar-refractivity contribution is -0.139. The van der Waals surface area contributed by atoms with Gasteiger partial charge in [0.15, 0.2) is 11.5 Å². The second-order valence-electron chi connectivity index (χ2n) is 6.84. The number of hydrogen-bond acceptors (Lipinski definition) is 7. The van der Waals surface area contributed by atoms with E-state index < -0.39 is 24.0 Å². The van der Waals surface area contributed by atoms with E-state index in [2.05, 4.69) is 10.6 Å². The maximum atomic E-state index is 12.8. The summed E-state index contributed by atoms with van der Waals surface area (Å²) in [6.07, 6.45) is 0. The van der Waals surface area contributed by atoms with Gasteiger partial charge in [-0.25, -0.2) is 14.4 Å². The molecule has 0 saturated carbocycles. The SMILES string of the molecule is CCOC(=O)C1=C(COC(=O)c2ccc(OC)c(OC)c2)NC(=O)NC1c1ccc(Cl)cc1. The second-order valence-corrected chi connectivity index (χ2v) is 7.28. The molecular formula is C23H23ClN2O7. The molecule has 0 fully saturated rings. The lowest BCUT2D eigenvalue weighted by atomic mass is 9.95. The zero-order valence-corrected chi connectivity index (χ0v) is 19.0. The van der Waals surface area contributed by atoms with Crippen LogP contribution in [0.3, 0.4) is 0 Å². The predicted molar refractivity (Wildman–Crippen MR) is 119 cm³/mol. The van der Waals surface area contributed by atoms with Crippen LogP contribution in [0.4, 0.5) is 4.79 Å². The fourth-order valence-corrected chi connectivity index (χ4v) is 3.40. The Labute approximate surface area is 195 Å². The van der Waals surface area contributed by atoms with Crippen molar-refractivity contribution in [1.82, 2.24) is 10.6 Å². The van der Waals surface area contributed by atoms with Gasteiger partial charge < -0.3 is 29.6 Å². The van der Waals surface area contributed by atoms with E-state index in [1.807, 2.05) is 0 Å². The topological polar surface area (TPSA) is 112 Å². The zero-order chi connectivity index (χ0) is 24.0. The van der Waals surface area contributed by atoms with Crippen molar-refractivity contribution >= 4 is 29.6 Å². The molecule has 2 aromatic rings. The van der Waals surface area contributed by atoms with E-state index in [9.17, 15) is 14.4 Å². The number of methoxy groups -OCH3 is 2. The Morgan fingerprint density at radius 2 is 1.67 bits per heavy atom. The number of amides is 2. The second kappa shape index (κ2) is 10.7. The van der Waals surface area contributed by atoms with Gasteiger partial charge in [-0.05, 0) is 42.8 Å². The highest BCUT2D eigenvalue weighted by Gasteiger charge is 2.34. The summed E-state index contributed by atoms with van der Waals surface area (Å²) in [5, 5.41) is 5.75. The number of esters is 2. The quantitative estimate of drug-likeness (QED) is 0.564. The van der Waals surface area contributed by atoms with Gasteiger partial charge in [0.05, 0.1) is 43.7 Å². The Balaban J connectivity index is 1.90. The number of hydrogen-bond donors (Lipinski definition) is 2. The fraction of sp³-hybridized carbons (Fsp3) is 0.261. The Morgan fingerprint density at radius 1 is 0.970 bits per heavy atom. The number of nitrogens with one attached hydrogen (secondary N) is 2. The van der Waals surface area contributed by atoms with E-state index in [1.54, 1.807) is 37.3 Å². The van der Waals surface area contributed by atoms with Crippen LogP contribution in [0.5, 0.6) is 11.5 Å². The average molecular weight is 475 g/mol. The van der Waals surface area contributed by atoms with Gasteiger partial charge in [-0.1, -0.05) is 23.7 Å². The normalized spacial score (nSPS) is 15.3. The summed E-state index contributed by atoms with van der Waals surface area (Å²) in [6, 6.07) is 9.85. The summed E-state index contributed by atoms with van der Waals surface area (Å²) in [4.78, 5) is 37.7. The van der Waals surface area contributed by atoms with Gasteiger partial charge in [0.1, 0.15) is 6.61 Å². The van der Waals surface area contributed by atoms with Crippen LogP contribution < -0.4 is 20.1 Å². The van der Waals surface area contributed by atoms with E-state index in [1.165, 1.54) is 26.4 Å². The molecule has 0 aliphatic carbocycles. The third-order valence-corrected chi connectivity index (χ3v) is 5.07. The minimum absolute atomic E-state index is 0.117. The third kappa shape index (κ3) is 5.56. The highest BCUT2D eigenvalue weighted by Crippen LogP contribution is 2.30. The summed E-state index contributed by atoms with van der Waals surface area (Å²) in [5.41, 5.74) is 1.06. The van der Waals surface area contributed by atoms with Gasteiger partial charge in [-0.3, -0.25) is 0 Å². The lowest BCUT2D eigenvalue weighted by Gasteiger charge is -2.29. The van der Waals surface area contributed by atoms with Gasteiger partial charge in [-0.15, -0.1) is 0 Å². The molecule has 33 heavy (non-hydrogen) atoms. The van der Waals surface area contributed by atoms with Crippen LogP contribution in [0.15, 0.2) is 53.7 Å². The number of benzene rings is 2. The predicted octanol–water partition coefficient (Wildman–Crippen LogP) is 3.39. The van der Waals surface area contributed by atoms with Crippen LogP contribution in [-0.2, 0) is 14.3 Å². The molecular weight excluding hydrogens is 452 g/mol. The molecule has 0 saturated heterocycles. The molecule has 0 radical (unpaired) electrons. The molecule has 1 atom stereocenters. The Kier molecular flexibility index (Phi) is 7.78. The van der Waals surface area contributed by atoms with E-state index in [0.717, 1.165) is 0 Å². The van der Waals surface area contributed by atoms with E-state index in [0.29, 0.717) is 22.1 Å². The minimum Gasteiger partial charge on any atom is -0.493 e. The maximum absolute atomic E-state index is 12.8. The van der Waals surface area contributed by atoms with Crippen molar-refractivity contribution in [2.75, 3.05) is 27.4 Å². The molecule has 0 aromatic heterocycles. The molecule has 1 unspecified atom stereocenters. The summed E-state index contributed by atoms with van der Waals surface area (Å²) < 4.78 is 20.9. The van der Waals surface area contributed by atoms with Crippen molar-refractivity contribution in [1.29, 1.82) is 0 Å². The standard InChI is InChI=1S/C23H23ClN2O7/c1-4-32-22(28)19-16(25-23(29)26-20(19)13-5-8-15(24)9-6-13)12-33-21(27)14-7-10-17(30-2)18(11-14)31-3/h5-11,20H,4,12H2,1-3H3,(H2,25,26,29). The van der Waals surface area contributed by atoms with Crippen molar-refractivity contribution < 1.29 is 33.3 Å². The number of halogens is 1. The molecule has 1 heterocycles. The van der Waals surface area contributed by atoms with E-state index in [-0.39, 0.29) is 30.0 Å². The smallest absolute Gasteiger partial charge is 0.338 e. The Hall–Kier alpha value is -3.72. The van der Waals surface area contributed by atoms with Crippen LogP contribution in [0.2, 0.25) is 5.02 Å².